The fourth-order valence-corrected chi connectivity index (χ4v) is 5.44. The van der Waals surface area contributed by atoms with Crippen LogP contribution in [0.2, 0.25) is 0 Å². The van der Waals surface area contributed by atoms with Crippen LogP contribution in [0.1, 0.15) is 12.8 Å². The van der Waals surface area contributed by atoms with Crippen LogP contribution in [0, 0.1) is 11.3 Å². The summed E-state index contributed by atoms with van der Waals surface area (Å²) < 4.78 is 32.9. The molecule has 43 heavy (non-hydrogen) atoms. The van der Waals surface area contributed by atoms with Gasteiger partial charge in [0.1, 0.15) is 18.0 Å². The minimum atomic E-state index is -3.07. The van der Waals surface area contributed by atoms with Gasteiger partial charge in [0.15, 0.2) is 5.82 Å². The van der Waals surface area contributed by atoms with Crippen LogP contribution in [0.5, 0.6) is 5.75 Å². The first-order valence-electron chi connectivity index (χ1n) is 13.7. The molecule has 0 bridgehead atoms. The number of nitrogens with one attached hydrogen (secondary N) is 2. The van der Waals surface area contributed by atoms with E-state index in [0.29, 0.717) is 44.0 Å². The van der Waals surface area contributed by atoms with Crippen LogP contribution < -0.4 is 15.5 Å². The lowest BCUT2D eigenvalue weighted by Crippen LogP contribution is -2.49. The molecule has 5 rings (SSSR count). The summed E-state index contributed by atoms with van der Waals surface area (Å²) in [4.78, 5) is 35.7. The molecule has 3 aliphatic rings. The summed E-state index contributed by atoms with van der Waals surface area (Å²) in [5.74, 6) is -0.268. The molecule has 4 heterocycles. The number of alkyl halides is 2. The third-order valence-corrected chi connectivity index (χ3v) is 7.89. The number of benzene rings is 1. The molecule has 0 spiro atoms. The predicted octanol–water partition coefficient (Wildman–Crippen LogP) is 2.89. The van der Waals surface area contributed by atoms with E-state index in [0.717, 1.165) is 17.9 Å². The standard InChI is InChI=1S/C28H31F2N9O3S/c1-43-19-5-6-23(42-28(29)30)20(15-19)25-22(34-27(41)21-16-33-39-10-4-8-32-26(21)39)17-38(35-25)18-24(40)37-13-11-36(12-14-37)9-3-2-7-31/h4-6,8,10,15,17,28,33H,2-3,9,11-14,16,18H2,1H3,(H,34,41). The molecular formula is C28H31F2N9O3S. The minimum Gasteiger partial charge on any atom is -0.434 e. The summed E-state index contributed by atoms with van der Waals surface area (Å²) in [5.41, 5.74) is 4.11. The molecule has 0 radical (unpaired) electrons. The number of fused-ring (bicyclic) bond motifs is 1. The van der Waals surface area contributed by atoms with Crippen molar-refractivity contribution < 1.29 is 23.1 Å². The van der Waals surface area contributed by atoms with Crippen LogP contribution >= 0.6 is 11.8 Å². The van der Waals surface area contributed by atoms with Gasteiger partial charge in [-0.2, -0.15) is 19.1 Å². The number of thioether (sulfide) groups is 1. The van der Waals surface area contributed by atoms with Gasteiger partial charge in [0.05, 0.1) is 17.3 Å². The van der Waals surface area contributed by atoms with Gasteiger partial charge in [0.2, 0.25) is 5.91 Å². The molecule has 0 saturated carbocycles. The highest BCUT2D eigenvalue weighted by atomic mass is 32.2. The van der Waals surface area contributed by atoms with Crippen LogP contribution in [-0.2, 0) is 16.1 Å². The maximum atomic E-state index is 13.4. The van der Waals surface area contributed by atoms with Gasteiger partial charge in [-0.25, -0.2) is 10.4 Å². The zero-order valence-corrected chi connectivity index (χ0v) is 24.3. The van der Waals surface area contributed by atoms with Gasteiger partial charge < -0.3 is 15.0 Å². The first kappa shape index (κ1) is 30.2. The van der Waals surface area contributed by atoms with Gasteiger partial charge in [0.25, 0.3) is 5.91 Å². The number of aromatic nitrogens is 2. The van der Waals surface area contributed by atoms with Gasteiger partial charge in [0, 0.05) is 68.2 Å². The number of carbonyl (C=O) groups excluding carboxylic acids is 2. The summed E-state index contributed by atoms with van der Waals surface area (Å²) in [6.45, 7) is 0.363. The number of nitriles is 1. The fraction of sp³-hybridized carbons (Fsp3) is 0.393. The van der Waals surface area contributed by atoms with Gasteiger partial charge in [-0.1, -0.05) is 0 Å². The summed E-state index contributed by atoms with van der Waals surface area (Å²) in [5, 5.41) is 17.8. The Kier molecular flexibility index (Phi) is 9.70. The number of hydrogen-bond acceptors (Lipinski definition) is 10. The second kappa shape index (κ2) is 13.8. The Morgan fingerprint density at radius 1 is 1.26 bits per heavy atom. The molecule has 1 aromatic heterocycles. The minimum absolute atomic E-state index is 0.106. The molecule has 1 saturated heterocycles. The van der Waals surface area contributed by atoms with Crippen molar-refractivity contribution in [2.75, 3.05) is 50.8 Å². The number of unbranched alkanes of at least 4 members (excludes halogenated alkanes) is 1. The third-order valence-electron chi connectivity index (χ3n) is 7.17. The highest BCUT2D eigenvalue weighted by Crippen LogP contribution is 2.38. The zero-order valence-electron chi connectivity index (χ0n) is 23.5. The summed E-state index contributed by atoms with van der Waals surface area (Å²) in [6.07, 6.45) is 9.72. The van der Waals surface area contributed by atoms with E-state index >= 15 is 0 Å². The molecular weight excluding hydrogens is 580 g/mol. The van der Waals surface area contributed by atoms with Crippen molar-refractivity contribution in [1.29, 1.82) is 5.26 Å². The number of nitrogens with zero attached hydrogens (tertiary/aromatic N) is 7. The Morgan fingerprint density at radius 2 is 2.07 bits per heavy atom. The van der Waals surface area contributed by atoms with Crippen LogP contribution in [0.25, 0.3) is 11.3 Å². The highest BCUT2D eigenvalue weighted by molar-refractivity contribution is 7.98. The van der Waals surface area contributed by atoms with Crippen LogP contribution in [0.15, 0.2) is 58.0 Å². The Bertz CT molecular complexity index is 1490. The van der Waals surface area contributed by atoms with Gasteiger partial charge in [-0.3, -0.25) is 24.2 Å². The SMILES string of the molecule is CSc1ccc(OC(F)F)c(-c2nn(CC(=O)N3CCN(CCCC#N)CC3)cc2NC(=O)C2=C3N=CC=CN3NC2)c1. The number of halogens is 2. The van der Waals surface area contributed by atoms with E-state index in [4.69, 9.17) is 10.00 Å². The summed E-state index contributed by atoms with van der Waals surface area (Å²) in [7, 11) is 0. The summed E-state index contributed by atoms with van der Waals surface area (Å²) in [6, 6.07) is 6.90. The van der Waals surface area contributed by atoms with E-state index in [1.165, 1.54) is 28.7 Å². The first-order chi connectivity index (χ1) is 20.9. The lowest BCUT2D eigenvalue weighted by atomic mass is 10.1. The quantitative estimate of drug-likeness (QED) is 0.291. The number of ether oxygens (including phenoxy) is 1. The number of carbonyl (C=O) groups is 2. The van der Waals surface area contributed by atoms with Crippen LogP contribution in [0.3, 0.4) is 0 Å². The Balaban J connectivity index is 1.40. The largest absolute Gasteiger partial charge is 0.434 e. The van der Waals surface area contributed by atoms with Crippen molar-refractivity contribution in [3.63, 3.8) is 0 Å². The van der Waals surface area contributed by atoms with Crippen molar-refractivity contribution in [3.05, 3.63) is 48.1 Å². The first-order valence-corrected chi connectivity index (χ1v) is 14.9. The van der Waals surface area contributed by atoms with Crippen molar-refractivity contribution >= 4 is 35.5 Å². The number of hydrogen-bond donors (Lipinski definition) is 2. The Hall–Kier alpha value is -4.26. The number of aliphatic imine (C=N–C) groups is 1. The van der Waals surface area contributed by atoms with E-state index < -0.39 is 12.5 Å². The van der Waals surface area contributed by atoms with Gasteiger partial charge >= 0.3 is 6.61 Å². The van der Waals surface area contributed by atoms with Gasteiger partial charge in [-0.05, 0) is 43.5 Å². The van der Waals surface area contributed by atoms with E-state index in [1.54, 1.807) is 40.5 Å². The van der Waals surface area contributed by atoms with Gasteiger partial charge in [-0.15, -0.1) is 11.8 Å². The molecule has 0 aliphatic carbocycles. The average molecular weight is 612 g/mol. The monoisotopic (exact) mass is 611 g/mol. The number of amides is 2. The highest BCUT2D eigenvalue weighted by Gasteiger charge is 2.29. The number of allylic oxidation sites excluding steroid dienone is 1. The molecule has 3 aliphatic heterocycles. The van der Waals surface area contributed by atoms with Crippen molar-refractivity contribution in [2.45, 2.75) is 30.9 Å². The molecule has 226 valence electrons. The molecule has 2 aromatic rings. The third kappa shape index (κ3) is 7.22. The molecule has 2 amide bonds. The Morgan fingerprint density at radius 3 is 2.81 bits per heavy atom. The molecule has 0 atom stereocenters. The van der Waals surface area contributed by atoms with Crippen molar-refractivity contribution in [2.24, 2.45) is 4.99 Å². The van der Waals surface area contributed by atoms with Crippen molar-refractivity contribution in [1.82, 2.24) is 30.0 Å². The number of anilines is 1. The number of hydrazine groups is 1. The maximum absolute atomic E-state index is 13.4. The molecule has 12 nitrogen and oxygen atoms in total. The second-order valence-corrected chi connectivity index (χ2v) is 10.8. The fourth-order valence-electron chi connectivity index (χ4n) is 5.00. The van der Waals surface area contributed by atoms with Crippen LogP contribution in [0.4, 0.5) is 14.5 Å². The lowest BCUT2D eigenvalue weighted by molar-refractivity contribution is -0.133. The average Bonchev–Trinajstić information content (AvgIpc) is 3.61. The van der Waals surface area contributed by atoms with E-state index in [1.807, 2.05) is 6.26 Å². The van der Waals surface area contributed by atoms with E-state index in [2.05, 4.69) is 31.8 Å². The molecule has 2 N–H and O–H groups in total. The van der Waals surface area contributed by atoms with Crippen LogP contribution in [-0.4, -0.2) is 94.8 Å². The van der Waals surface area contributed by atoms with E-state index in [-0.39, 0.29) is 41.7 Å². The predicted molar refractivity (Wildman–Crippen MR) is 157 cm³/mol. The lowest BCUT2D eigenvalue weighted by Gasteiger charge is -2.34. The molecule has 0 unspecified atom stereocenters. The normalized spacial score (nSPS) is 16.5. The maximum Gasteiger partial charge on any atom is 0.387 e. The molecule has 15 heteroatoms. The van der Waals surface area contributed by atoms with Crippen molar-refractivity contribution in [3.8, 4) is 23.1 Å². The number of piperazine rings is 1. The second-order valence-electron chi connectivity index (χ2n) is 9.89. The Labute approximate surface area is 251 Å². The molecule has 1 fully saturated rings. The smallest absolute Gasteiger partial charge is 0.387 e. The molecule has 1 aromatic carbocycles. The topological polar surface area (TPSA) is 131 Å². The van der Waals surface area contributed by atoms with E-state index in [9.17, 15) is 18.4 Å². The summed E-state index contributed by atoms with van der Waals surface area (Å²) >= 11 is 1.41. The number of rotatable bonds is 11. The zero-order chi connectivity index (χ0) is 30.3.